The number of aryl methyl sites for hydroxylation is 2. The van der Waals surface area contributed by atoms with Crippen molar-refractivity contribution >= 4 is 0 Å². The molecule has 1 aliphatic carbocycles. The number of hydrogen-bond donors (Lipinski definition) is 1. The van der Waals surface area contributed by atoms with Gasteiger partial charge in [-0.25, -0.2) is 0 Å². The molecule has 1 aromatic rings. The zero-order valence-electron chi connectivity index (χ0n) is 13.2. The number of benzene rings is 1. The third-order valence-corrected chi connectivity index (χ3v) is 4.44. The van der Waals surface area contributed by atoms with E-state index in [1.54, 1.807) is 0 Å². The van der Waals surface area contributed by atoms with E-state index in [-0.39, 0.29) is 0 Å². The molecule has 0 bridgehead atoms. The molecule has 1 N–H and O–H groups in total. The van der Waals surface area contributed by atoms with Gasteiger partial charge in [0.05, 0.1) is 12.6 Å². The molecule has 1 aromatic carbocycles. The lowest BCUT2D eigenvalue weighted by atomic mass is 9.83. The first-order chi connectivity index (χ1) is 9.70. The Morgan fingerprint density at radius 2 is 2.10 bits per heavy atom. The van der Waals surface area contributed by atoms with Crippen LogP contribution < -0.4 is 5.32 Å². The van der Waals surface area contributed by atoms with Crippen molar-refractivity contribution in [3.8, 4) is 0 Å². The van der Waals surface area contributed by atoms with Gasteiger partial charge in [0.1, 0.15) is 0 Å². The summed E-state index contributed by atoms with van der Waals surface area (Å²) in [4.78, 5) is 0. The van der Waals surface area contributed by atoms with E-state index in [0.717, 1.165) is 25.7 Å². The second-order valence-corrected chi connectivity index (χ2v) is 6.13. The van der Waals surface area contributed by atoms with Crippen LogP contribution in [0.4, 0.5) is 0 Å². The van der Waals surface area contributed by atoms with Crippen molar-refractivity contribution in [2.45, 2.75) is 52.5 Å². The van der Waals surface area contributed by atoms with E-state index in [4.69, 9.17) is 4.74 Å². The molecule has 2 heteroatoms. The first kappa shape index (κ1) is 15.5. The lowest BCUT2D eigenvalue weighted by Gasteiger charge is -2.26. The fourth-order valence-electron chi connectivity index (χ4n) is 2.87. The topological polar surface area (TPSA) is 21.3 Å². The lowest BCUT2D eigenvalue weighted by molar-refractivity contribution is 0.0890. The Labute approximate surface area is 123 Å². The van der Waals surface area contributed by atoms with E-state index in [0.29, 0.717) is 6.04 Å². The summed E-state index contributed by atoms with van der Waals surface area (Å²) in [6.07, 6.45) is 5.49. The minimum Gasteiger partial charge on any atom is -0.379 e. The molecule has 0 amide bonds. The summed E-state index contributed by atoms with van der Waals surface area (Å²) < 4.78 is 5.94. The van der Waals surface area contributed by atoms with E-state index in [2.05, 4.69) is 44.3 Å². The molecule has 2 nitrogen and oxygen atoms in total. The maximum Gasteiger partial charge on any atom is 0.0661 e. The summed E-state index contributed by atoms with van der Waals surface area (Å²) >= 11 is 0. The predicted octanol–water partition coefficient (Wildman–Crippen LogP) is 4.16. The highest BCUT2D eigenvalue weighted by Gasteiger charge is 2.17. The fraction of sp³-hybridized carbons (Fsp3) is 0.667. The van der Waals surface area contributed by atoms with Gasteiger partial charge in [0.2, 0.25) is 0 Å². The zero-order chi connectivity index (χ0) is 14.4. The molecule has 1 unspecified atom stereocenters. The van der Waals surface area contributed by atoms with Gasteiger partial charge >= 0.3 is 0 Å². The van der Waals surface area contributed by atoms with Crippen molar-refractivity contribution in [3.63, 3.8) is 0 Å². The van der Waals surface area contributed by atoms with Gasteiger partial charge in [0, 0.05) is 6.61 Å². The average molecular weight is 275 g/mol. The summed E-state index contributed by atoms with van der Waals surface area (Å²) in [5.41, 5.74) is 4.06. The van der Waals surface area contributed by atoms with Crippen LogP contribution in [0.2, 0.25) is 0 Å². The first-order valence-corrected chi connectivity index (χ1v) is 8.09. The van der Waals surface area contributed by atoms with Crippen LogP contribution in [0.25, 0.3) is 0 Å². The largest absolute Gasteiger partial charge is 0.379 e. The molecule has 112 valence electrons. The van der Waals surface area contributed by atoms with Crippen LogP contribution in [0, 0.1) is 19.8 Å². The second-order valence-electron chi connectivity index (χ2n) is 6.13. The molecule has 1 aliphatic rings. The minimum absolute atomic E-state index is 0.321. The van der Waals surface area contributed by atoms with Gasteiger partial charge in [-0.1, -0.05) is 49.9 Å². The van der Waals surface area contributed by atoms with Crippen LogP contribution in [-0.4, -0.2) is 19.8 Å². The van der Waals surface area contributed by atoms with Crippen LogP contribution >= 0.6 is 0 Å². The molecule has 0 aliphatic heterocycles. The zero-order valence-corrected chi connectivity index (χ0v) is 13.2. The highest BCUT2D eigenvalue weighted by Crippen LogP contribution is 2.29. The lowest BCUT2D eigenvalue weighted by Crippen LogP contribution is -2.26. The van der Waals surface area contributed by atoms with Gasteiger partial charge in [0.25, 0.3) is 0 Å². The van der Waals surface area contributed by atoms with E-state index >= 15 is 0 Å². The van der Waals surface area contributed by atoms with Crippen LogP contribution in [0.15, 0.2) is 18.2 Å². The van der Waals surface area contributed by atoms with Gasteiger partial charge in [-0.2, -0.15) is 0 Å². The van der Waals surface area contributed by atoms with Crippen molar-refractivity contribution in [2.75, 3.05) is 19.8 Å². The quantitative estimate of drug-likeness (QED) is 0.719. The molecule has 20 heavy (non-hydrogen) atoms. The van der Waals surface area contributed by atoms with Crippen LogP contribution in [0.5, 0.6) is 0 Å². The Morgan fingerprint density at radius 3 is 2.75 bits per heavy atom. The maximum atomic E-state index is 5.94. The molecule has 0 radical (unpaired) electrons. The maximum absolute atomic E-state index is 5.94. The summed E-state index contributed by atoms with van der Waals surface area (Å²) in [6.45, 7) is 9.18. The number of likely N-dealkylation sites (N-methyl/N-ethyl adjacent to an activating group) is 1. The number of nitrogens with one attached hydrogen (secondary N) is 1. The van der Waals surface area contributed by atoms with Crippen molar-refractivity contribution in [3.05, 3.63) is 34.9 Å². The summed E-state index contributed by atoms with van der Waals surface area (Å²) in [6, 6.07) is 7.00. The van der Waals surface area contributed by atoms with Crippen LogP contribution in [0.1, 0.15) is 55.3 Å². The van der Waals surface area contributed by atoms with Crippen molar-refractivity contribution < 1.29 is 4.74 Å². The van der Waals surface area contributed by atoms with Crippen LogP contribution in [-0.2, 0) is 4.74 Å². The van der Waals surface area contributed by atoms with Gasteiger partial charge in [-0.05, 0) is 43.9 Å². The summed E-state index contributed by atoms with van der Waals surface area (Å²) in [5, 5.41) is 3.56. The van der Waals surface area contributed by atoms with Gasteiger partial charge in [-0.15, -0.1) is 0 Å². The highest BCUT2D eigenvalue weighted by molar-refractivity contribution is 5.33. The Morgan fingerprint density at radius 1 is 1.30 bits per heavy atom. The molecule has 0 spiro atoms. The van der Waals surface area contributed by atoms with Crippen LogP contribution in [0.3, 0.4) is 0 Å². The summed E-state index contributed by atoms with van der Waals surface area (Å²) in [7, 11) is 0. The Bertz CT molecular complexity index is 412. The van der Waals surface area contributed by atoms with Crippen molar-refractivity contribution in [2.24, 2.45) is 5.92 Å². The molecule has 1 saturated carbocycles. The first-order valence-electron chi connectivity index (χ1n) is 8.09. The fourth-order valence-corrected chi connectivity index (χ4v) is 2.87. The summed E-state index contributed by atoms with van der Waals surface area (Å²) in [5.74, 6) is 0.938. The smallest absolute Gasteiger partial charge is 0.0661 e. The molecule has 1 fully saturated rings. The molecule has 1 atom stereocenters. The third kappa shape index (κ3) is 4.32. The Hall–Kier alpha value is -0.860. The standard InChI is InChI=1S/C18H29NO/c1-4-19-18(13-20-11-10-16-6-5-7-16)17-12-14(2)8-9-15(17)3/h8-9,12,16,18-19H,4-7,10-11,13H2,1-3H3. The highest BCUT2D eigenvalue weighted by atomic mass is 16.5. The third-order valence-electron chi connectivity index (χ3n) is 4.44. The molecular formula is C18H29NO. The van der Waals surface area contributed by atoms with Gasteiger partial charge in [0.15, 0.2) is 0 Å². The van der Waals surface area contributed by atoms with E-state index in [1.807, 2.05) is 0 Å². The van der Waals surface area contributed by atoms with Gasteiger partial charge in [-0.3, -0.25) is 0 Å². The molecule has 2 rings (SSSR count). The van der Waals surface area contributed by atoms with E-state index < -0.39 is 0 Å². The normalized spacial score (nSPS) is 16.9. The molecule has 0 aromatic heterocycles. The van der Waals surface area contributed by atoms with Crippen molar-refractivity contribution in [1.29, 1.82) is 0 Å². The second kappa shape index (κ2) is 7.80. The van der Waals surface area contributed by atoms with E-state index in [1.165, 1.54) is 42.4 Å². The monoisotopic (exact) mass is 275 g/mol. The molecular weight excluding hydrogens is 246 g/mol. The molecule has 0 saturated heterocycles. The van der Waals surface area contributed by atoms with E-state index in [9.17, 15) is 0 Å². The number of ether oxygens (including phenoxy) is 1. The number of hydrogen-bond acceptors (Lipinski definition) is 2. The van der Waals surface area contributed by atoms with Gasteiger partial charge < -0.3 is 10.1 Å². The average Bonchev–Trinajstić information content (AvgIpc) is 2.38. The SMILES string of the molecule is CCNC(COCCC1CCC1)c1cc(C)ccc1C. The molecule has 0 heterocycles. The Kier molecular flexibility index (Phi) is 6.06. The Balaban J connectivity index is 1.86. The van der Waals surface area contributed by atoms with Crippen molar-refractivity contribution in [1.82, 2.24) is 5.32 Å². The number of rotatable bonds is 8. The predicted molar refractivity (Wildman–Crippen MR) is 85.1 cm³/mol. The minimum atomic E-state index is 0.321.